The molecule has 0 saturated carbocycles. The molecule has 4 rings (SSSR count). The van der Waals surface area contributed by atoms with E-state index >= 15 is 0 Å². The molecule has 0 aliphatic heterocycles. The molecule has 1 amide bonds. The van der Waals surface area contributed by atoms with Crippen molar-refractivity contribution in [1.29, 1.82) is 0 Å². The number of anilines is 1. The van der Waals surface area contributed by atoms with Gasteiger partial charge >= 0.3 is 0 Å². The number of carbonyl (C=O) groups excluding carboxylic acids is 1. The van der Waals surface area contributed by atoms with Crippen LogP contribution < -0.4 is 20.8 Å². The van der Waals surface area contributed by atoms with Gasteiger partial charge in [-0.3, -0.25) is 14.2 Å². The Hall–Kier alpha value is -3.67. The topological polar surface area (TPSA) is 133 Å². The molecular weight excluding hydrogens is 476 g/mol. The SMILES string of the molecule is COc1cccc(-n2c(SCC(=O)Nc3ccc(S(N)(=O)=O)cc3)nc3ccccc3c2=O)c1. The summed E-state index contributed by atoms with van der Waals surface area (Å²) >= 11 is 1.10. The van der Waals surface area contributed by atoms with Gasteiger partial charge in [0, 0.05) is 11.8 Å². The maximum atomic E-state index is 13.3. The monoisotopic (exact) mass is 496 g/mol. The maximum absolute atomic E-state index is 13.3. The van der Waals surface area contributed by atoms with Crippen LogP contribution in [0, 0.1) is 0 Å². The molecule has 0 spiro atoms. The highest BCUT2D eigenvalue weighted by atomic mass is 32.2. The van der Waals surface area contributed by atoms with E-state index in [4.69, 9.17) is 9.88 Å². The number of amides is 1. The van der Waals surface area contributed by atoms with Crippen molar-refractivity contribution in [3.63, 3.8) is 0 Å². The van der Waals surface area contributed by atoms with Gasteiger partial charge < -0.3 is 10.1 Å². The van der Waals surface area contributed by atoms with Gasteiger partial charge in [0.25, 0.3) is 5.56 Å². The predicted molar refractivity (Wildman–Crippen MR) is 131 cm³/mol. The number of fused-ring (bicyclic) bond motifs is 1. The number of hydrogen-bond acceptors (Lipinski definition) is 7. The number of benzene rings is 3. The molecule has 4 aromatic rings. The Bertz CT molecular complexity index is 1530. The maximum Gasteiger partial charge on any atom is 0.266 e. The van der Waals surface area contributed by atoms with E-state index in [1.54, 1.807) is 48.5 Å². The number of nitrogens with zero attached hydrogens (tertiary/aromatic N) is 2. The fourth-order valence-corrected chi connectivity index (χ4v) is 4.57. The van der Waals surface area contributed by atoms with Crippen LogP contribution in [0.4, 0.5) is 5.69 Å². The zero-order valence-corrected chi connectivity index (χ0v) is 19.6. The Morgan fingerprint density at radius 2 is 1.82 bits per heavy atom. The molecule has 0 fully saturated rings. The predicted octanol–water partition coefficient (Wildman–Crippen LogP) is 2.77. The summed E-state index contributed by atoms with van der Waals surface area (Å²) in [5.74, 6) is 0.188. The summed E-state index contributed by atoms with van der Waals surface area (Å²) in [6.45, 7) is 0. The first-order valence-corrected chi connectivity index (χ1v) is 12.5. The van der Waals surface area contributed by atoms with E-state index in [0.717, 1.165) is 11.8 Å². The third-order valence-electron chi connectivity index (χ3n) is 4.86. The number of carbonyl (C=O) groups is 1. The molecule has 0 saturated heterocycles. The van der Waals surface area contributed by atoms with E-state index in [1.165, 1.54) is 35.9 Å². The third-order valence-corrected chi connectivity index (χ3v) is 6.72. The van der Waals surface area contributed by atoms with Crippen molar-refractivity contribution in [2.45, 2.75) is 10.1 Å². The first-order chi connectivity index (χ1) is 16.3. The van der Waals surface area contributed by atoms with E-state index in [-0.39, 0.29) is 22.1 Å². The number of para-hydroxylation sites is 1. The zero-order chi connectivity index (χ0) is 24.3. The summed E-state index contributed by atoms with van der Waals surface area (Å²) < 4.78 is 29.5. The molecule has 174 valence electrons. The Morgan fingerprint density at radius 3 is 2.53 bits per heavy atom. The molecular formula is C23H20N4O5S2. The summed E-state index contributed by atoms with van der Waals surface area (Å²) in [4.78, 5) is 30.4. The summed E-state index contributed by atoms with van der Waals surface area (Å²) in [6, 6.07) is 19.5. The van der Waals surface area contributed by atoms with Gasteiger partial charge in [-0.15, -0.1) is 0 Å². The van der Waals surface area contributed by atoms with E-state index in [1.807, 2.05) is 0 Å². The van der Waals surface area contributed by atoms with Crippen LogP contribution >= 0.6 is 11.8 Å². The average Bonchev–Trinajstić information content (AvgIpc) is 2.82. The molecule has 3 aromatic carbocycles. The summed E-state index contributed by atoms with van der Waals surface area (Å²) in [6.07, 6.45) is 0. The van der Waals surface area contributed by atoms with E-state index in [2.05, 4.69) is 10.3 Å². The normalized spacial score (nSPS) is 11.4. The van der Waals surface area contributed by atoms with Crippen LogP contribution in [0.5, 0.6) is 5.75 Å². The van der Waals surface area contributed by atoms with Crippen LogP contribution in [0.2, 0.25) is 0 Å². The molecule has 3 N–H and O–H groups in total. The fraction of sp³-hybridized carbons (Fsp3) is 0.0870. The first kappa shape index (κ1) is 23.5. The Labute approximate surface area is 199 Å². The number of nitrogens with one attached hydrogen (secondary N) is 1. The molecule has 0 bridgehead atoms. The number of primary sulfonamides is 1. The molecule has 34 heavy (non-hydrogen) atoms. The highest BCUT2D eigenvalue weighted by molar-refractivity contribution is 7.99. The summed E-state index contributed by atoms with van der Waals surface area (Å²) in [7, 11) is -2.28. The fourth-order valence-electron chi connectivity index (χ4n) is 3.24. The highest BCUT2D eigenvalue weighted by Crippen LogP contribution is 2.24. The van der Waals surface area contributed by atoms with E-state index < -0.39 is 10.0 Å². The van der Waals surface area contributed by atoms with Crippen molar-refractivity contribution in [2.24, 2.45) is 5.14 Å². The number of methoxy groups -OCH3 is 1. The van der Waals surface area contributed by atoms with Gasteiger partial charge in [-0.05, 0) is 48.5 Å². The lowest BCUT2D eigenvalue weighted by molar-refractivity contribution is -0.113. The van der Waals surface area contributed by atoms with Gasteiger partial charge in [-0.1, -0.05) is 30.0 Å². The molecule has 0 aliphatic carbocycles. The molecule has 0 radical (unpaired) electrons. The number of aromatic nitrogens is 2. The van der Waals surface area contributed by atoms with Crippen molar-refractivity contribution in [1.82, 2.24) is 9.55 Å². The standard InChI is InChI=1S/C23H20N4O5S2/c1-32-17-6-4-5-16(13-17)27-22(29)19-7-2-3-8-20(19)26-23(27)33-14-21(28)25-15-9-11-18(12-10-15)34(24,30)31/h2-13H,14H2,1H3,(H,25,28)(H2,24,30,31). The van der Waals surface area contributed by atoms with Crippen molar-refractivity contribution in [2.75, 3.05) is 18.2 Å². The Kier molecular flexibility index (Phi) is 6.68. The van der Waals surface area contributed by atoms with Crippen LogP contribution in [0.1, 0.15) is 0 Å². The molecule has 11 heteroatoms. The van der Waals surface area contributed by atoms with Gasteiger partial charge in [0.15, 0.2) is 5.16 Å². The lowest BCUT2D eigenvalue weighted by Gasteiger charge is -2.14. The number of rotatable bonds is 7. The quantitative estimate of drug-likeness (QED) is 0.297. The number of sulfonamides is 1. The number of ether oxygens (including phenoxy) is 1. The Balaban J connectivity index is 1.62. The average molecular weight is 497 g/mol. The lowest BCUT2D eigenvalue weighted by Crippen LogP contribution is -2.23. The van der Waals surface area contributed by atoms with Gasteiger partial charge in [0.2, 0.25) is 15.9 Å². The summed E-state index contributed by atoms with van der Waals surface area (Å²) in [5.41, 5.74) is 1.23. The smallest absolute Gasteiger partial charge is 0.266 e. The van der Waals surface area contributed by atoms with Crippen molar-refractivity contribution >= 4 is 44.3 Å². The largest absolute Gasteiger partial charge is 0.497 e. The van der Waals surface area contributed by atoms with Crippen LogP contribution in [-0.2, 0) is 14.8 Å². The zero-order valence-electron chi connectivity index (χ0n) is 18.0. The van der Waals surface area contributed by atoms with E-state index in [0.29, 0.717) is 33.2 Å². The van der Waals surface area contributed by atoms with Gasteiger partial charge in [-0.2, -0.15) is 0 Å². The van der Waals surface area contributed by atoms with Crippen molar-refractivity contribution < 1.29 is 17.9 Å². The van der Waals surface area contributed by atoms with Gasteiger partial charge in [0.1, 0.15) is 5.75 Å². The second-order valence-corrected chi connectivity index (χ2v) is 9.66. The molecule has 0 aliphatic rings. The highest BCUT2D eigenvalue weighted by Gasteiger charge is 2.16. The minimum atomic E-state index is -3.82. The van der Waals surface area contributed by atoms with Gasteiger partial charge in [0.05, 0.1) is 34.3 Å². The molecule has 0 unspecified atom stereocenters. The third kappa shape index (κ3) is 5.11. The van der Waals surface area contributed by atoms with Crippen LogP contribution in [-0.4, -0.2) is 36.7 Å². The lowest BCUT2D eigenvalue weighted by atomic mass is 10.2. The van der Waals surface area contributed by atoms with Crippen molar-refractivity contribution in [3.8, 4) is 11.4 Å². The second kappa shape index (κ2) is 9.67. The number of thioether (sulfide) groups is 1. The molecule has 0 atom stereocenters. The molecule has 1 aromatic heterocycles. The van der Waals surface area contributed by atoms with Gasteiger partial charge in [-0.25, -0.2) is 18.5 Å². The second-order valence-electron chi connectivity index (χ2n) is 7.16. The van der Waals surface area contributed by atoms with Crippen LogP contribution in [0.3, 0.4) is 0 Å². The number of nitrogens with two attached hydrogens (primary N) is 1. The molecule has 1 heterocycles. The summed E-state index contributed by atoms with van der Waals surface area (Å²) in [5, 5.41) is 8.58. The first-order valence-electron chi connectivity index (χ1n) is 9.98. The minimum absolute atomic E-state index is 0.0360. The van der Waals surface area contributed by atoms with E-state index in [9.17, 15) is 18.0 Å². The van der Waals surface area contributed by atoms with Crippen molar-refractivity contribution in [3.05, 3.63) is 83.2 Å². The number of hydrogen-bond donors (Lipinski definition) is 2. The van der Waals surface area contributed by atoms with Crippen LogP contribution in [0.25, 0.3) is 16.6 Å². The Morgan fingerprint density at radius 1 is 1.09 bits per heavy atom. The van der Waals surface area contributed by atoms with Crippen LogP contribution in [0.15, 0.2) is 87.6 Å². The molecule has 9 nitrogen and oxygen atoms in total. The minimum Gasteiger partial charge on any atom is -0.497 e.